The van der Waals surface area contributed by atoms with Crippen molar-refractivity contribution in [3.8, 4) is 5.75 Å². The van der Waals surface area contributed by atoms with Gasteiger partial charge in [0.15, 0.2) is 5.79 Å². The van der Waals surface area contributed by atoms with Crippen LogP contribution in [-0.4, -0.2) is 28.8 Å². The van der Waals surface area contributed by atoms with Gasteiger partial charge in [-0.25, -0.2) is 0 Å². The van der Waals surface area contributed by atoms with Crippen molar-refractivity contribution in [1.29, 1.82) is 0 Å². The highest BCUT2D eigenvalue weighted by Gasteiger charge is 2.44. The molecule has 5 rings (SSSR count). The average Bonchev–Trinajstić information content (AvgIpc) is 3.24. The molecule has 2 aromatic rings. The largest absolute Gasteiger partial charge is 0.482 e. The predicted molar refractivity (Wildman–Crippen MR) is 96.1 cm³/mol. The zero-order chi connectivity index (χ0) is 17.2. The lowest BCUT2D eigenvalue weighted by Crippen LogP contribution is -2.37. The first kappa shape index (κ1) is 16.1. The number of hydrogen-bond donors (Lipinski definition) is 0. The molecule has 25 heavy (non-hydrogen) atoms. The van der Waals surface area contributed by atoms with E-state index in [-0.39, 0.29) is 6.10 Å². The van der Waals surface area contributed by atoms with Crippen molar-refractivity contribution in [2.45, 2.75) is 37.6 Å². The maximum atomic E-state index is 6.29. The highest BCUT2D eigenvalue weighted by atomic mass is 79.9. The second-order valence-corrected chi connectivity index (χ2v) is 8.20. The quantitative estimate of drug-likeness (QED) is 0.698. The summed E-state index contributed by atoms with van der Waals surface area (Å²) >= 11 is 9.75. The van der Waals surface area contributed by atoms with Gasteiger partial charge in [0.25, 0.3) is 0 Å². The van der Waals surface area contributed by atoms with Gasteiger partial charge in [-0.1, -0.05) is 11.6 Å². The zero-order valence-corrected chi connectivity index (χ0v) is 16.2. The maximum absolute atomic E-state index is 6.29. The minimum atomic E-state index is -0.472. The number of benzene rings is 1. The van der Waals surface area contributed by atoms with E-state index < -0.39 is 5.79 Å². The lowest BCUT2D eigenvalue weighted by Gasteiger charge is -2.31. The van der Waals surface area contributed by atoms with E-state index in [2.05, 4.69) is 15.9 Å². The summed E-state index contributed by atoms with van der Waals surface area (Å²) in [5.41, 5.74) is 4.60. The van der Waals surface area contributed by atoms with Gasteiger partial charge in [0.05, 0.1) is 29.1 Å². The van der Waals surface area contributed by atoms with E-state index in [1.807, 2.05) is 23.9 Å². The molecule has 1 aliphatic carbocycles. The lowest BCUT2D eigenvalue weighted by molar-refractivity contribution is -0.164. The van der Waals surface area contributed by atoms with Crippen LogP contribution in [0.3, 0.4) is 0 Å². The molecule has 3 heterocycles. The molecule has 2 aliphatic heterocycles. The average molecular weight is 426 g/mol. The molecule has 1 spiro atoms. The van der Waals surface area contributed by atoms with Crippen LogP contribution in [0.25, 0.3) is 0 Å². The summed E-state index contributed by atoms with van der Waals surface area (Å²) in [6, 6.07) is 3.85. The molecule has 3 aliphatic rings. The van der Waals surface area contributed by atoms with E-state index in [0.29, 0.717) is 18.2 Å². The number of rotatable bonds is 1. The molecule has 7 heteroatoms. The first-order valence-corrected chi connectivity index (χ1v) is 9.69. The van der Waals surface area contributed by atoms with Crippen LogP contribution in [0.15, 0.2) is 16.6 Å². The van der Waals surface area contributed by atoms with Gasteiger partial charge in [0.1, 0.15) is 11.9 Å². The fourth-order valence-corrected chi connectivity index (χ4v) is 5.25. The number of aromatic nitrogens is 2. The van der Waals surface area contributed by atoms with E-state index in [1.54, 1.807) is 0 Å². The second-order valence-electron chi connectivity index (χ2n) is 6.90. The van der Waals surface area contributed by atoms with Crippen LogP contribution in [0, 0.1) is 0 Å². The number of hydrogen-bond acceptors (Lipinski definition) is 4. The Morgan fingerprint density at radius 2 is 2.12 bits per heavy atom. The third kappa shape index (κ3) is 2.53. The molecule has 0 saturated carbocycles. The molecule has 1 fully saturated rings. The molecule has 0 bridgehead atoms. The molecule has 0 unspecified atom stereocenters. The minimum absolute atomic E-state index is 0.0671. The highest BCUT2D eigenvalue weighted by molar-refractivity contribution is 9.10. The Hall–Kier alpha value is -1.08. The molecular weight excluding hydrogens is 408 g/mol. The molecule has 1 saturated heterocycles. The molecule has 1 atom stereocenters. The van der Waals surface area contributed by atoms with Crippen molar-refractivity contribution < 1.29 is 14.2 Å². The highest BCUT2D eigenvalue weighted by Crippen LogP contribution is 2.45. The van der Waals surface area contributed by atoms with Crippen molar-refractivity contribution in [3.63, 3.8) is 0 Å². The smallest absolute Gasteiger partial charge is 0.173 e. The Bertz CT molecular complexity index is 860. The SMILES string of the molecule is Cn1nc2c(c1[C@H]1Cc3cc(Cl)cc(Br)c3O1)CC1(CC2)OCCO1. The van der Waals surface area contributed by atoms with Gasteiger partial charge in [-0.15, -0.1) is 0 Å². The summed E-state index contributed by atoms with van der Waals surface area (Å²) in [5.74, 6) is 0.406. The third-order valence-corrected chi connectivity index (χ3v) is 6.14. The summed E-state index contributed by atoms with van der Waals surface area (Å²) < 4.78 is 21.0. The molecule has 0 amide bonds. The maximum Gasteiger partial charge on any atom is 0.173 e. The summed E-state index contributed by atoms with van der Waals surface area (Å²) in [7, 11) is 1.99. The van der Waals surface area contributed by atoms with Crippen molar-refractivity contribution in [3.05, 3.63) is 44.1 Å². The molecule has 0 N–H and O–H groups in total. The van der Waals surface area contributed by atoms with E-state index in [1.165, 1.54) is 5.56 Å². The van der Waals surface area contributed by atoms with Crippen LogP contribution in [0.5, 0.6) is 5.75 Å². The van der Waals surface area contributed by atoms with Gasteiger partial charge >= 0.3 is 0 Å². The van der Waals surface area contributed by atoms with Gasteiger partial charge in [0, 0.05) is 42.5 Å². The Labute approximate surface area is 159 Å². The predicted octanol–water partition coefficient (Wildman–Crippen LogP) is 3.74. The van der Waals surface area contributed by atoms with Crippen LogP contribution < -0.4 is 4.74 Å². The van der Waals surface area contributed by atoms with E-state index in [9.17, 15) is 0 Å². The monoisotopic (exact) mass is 424 g/mol. The Morgan fingerprint density at radius 1 is 1.32 bits per heavy atom. The topological polar surface area (TPSA) is 45.5 Å². The number of ether oxygens (including phenoxy) is 3. The number of nitrogens with zero attached hydrogens (tertiary/aromatic N) is 2. The second kappa shape index (κ2) is 5.71. The first-order valence-electron chi connectivity index (χ1n) is 8.52. The fourth-order valence-electron chi connectivity index (χ4n) is 4.28. The Kier molecular flexibility index (Phi) is 3.68. The van der Waals surface area contributed by atoms with E-state index >= 15 is 0 Å². The fraction of sp³-hybridized carbons (Fsp3) is 0.500. The Morgan fingerprint density at radius 3 is 2.92 bits per heavy atom. The van der Waals surface area contributed by atoms with Crippen molar-refractivity contribution in [1.82, 2.24) is 9.78 Å². The Balaban J connectivity index is 1.52. The molecular formula is C18H18BrClN2O3. The molecule has 0 radical (unpaired) electrons. The van der Waals surface area contributed by atoms with Crippen molar-refractivity contribution in [2.24, 2.45) is 7.05 Å². The van der Waals surface area contributed by atoms with Crippen molar-refractivity contribution in [2.75, 3.05) is 13.2 Å². The normalized spacial score (nSPS) is 23.6. The van der Waals surface area contributed by atoms with Crippen LogP contribution in [0.2, 0.25) is 5.02 Å². The van der Waals surface area contributed by atoms with Gasteiger partial charge in [-0.05, 0) is 34.5 Å². The van der Waals surface area contributed by atoms with E-state index in [0.717, 1.165) is 52.9 Å². The standard InChI is InChI=1S/C18H18BrClN2O3/c1-22-16(15-7-10-6-11(20)8-13(19)17(10)25-15)12-9-18(23-4-5-24-18)3-2-14(12)21-22/h6,8,15H,2-5,7,9H2,1H3/t15-/m1/s1. The van der Waals surface area contributed by atoms with Crippen LogP contribution >= 0.6 is 27.5 Å². The summed E-state index contributed by atoms with van der Waals surface area (Å²) in [6.07, 6.45) is 3.20. The molecule has 1 aromatic heterocycles. The summed E-state index contributed by atoms with van der Waals surface area (Å²) in [4.78, 5) is 0. The summed E-state index contributed by atoms with van der Waals surface area (Å²) in [6.45, 7) is 1.34. The summed E-state index contributed by atoms with van der Waals surface area (Å²) in [5, 5.41) is 5.46. The molecule has 5 nitrogen and oxygen atoms in total. The number of aryl methyl sites for hydroxylation is 2. The van der Waals surface area contributed by atoms with Gasteiger partial charge in [-0.2, -0.15) is 5.10 Å². The lowest BCUT2D eigenvalue weighted by atomic mass is 9.89. The van der Waals surface area contributed by atoms with Crippen LogP contribution in [0.4, 0.5) is 0 Å². The minimum Gasteiger partial charge on any atom is -0.482 e. The van der Waals surface area contributed by atoms with Gasteiger partial charge < -0.3 is 14.2 Å². The van der Waals surface area contributed by atoms with Gasteiger partial charge in [0.2, 0.25) is 0 Å². The zero-order valence-electron chi connectivity index (χ0n) is 13.8. The van der Waals surface area contributed by atoms with Crippen LogP contribution in [0.1, 0.15) is 35.0 Å². The first-order chi connectivity index (χ1) is 12.0. The van der Waals surface area contributed by atoms with E-state index in [4.69, 9.17) is 30.9 Å². The van der Waals surface area contributed by atoms with Gasteiger partial charge in [-0.3, -0.25) is 4.68 Å². The molecule has 1 aromatic carbocycles. The third-order valence-electron chi connectivity index (χ3n) is 5.33. The van der Waals surface area contributed by atoms with Crippen LogP contribution in [-0.2, 0) is 35.8 Å². The number of fused-ring (bicyclic) bond motifs is 2. The van der Waals surface area contributed by atoms with Crippen molar-refractivity contribution >= 4 is 27.5 Å². The molecule has 132 valence electrons. The number of halogens is 2.